The van der Waals surface area contributed by atoms with Crippen LogP contribution in [0.25, 0.3) is 11.1 Å². The predicted octanol–water partition coefficient (Wildman–Crippen LogP) is 4.29. The van der Waals surface area contributed by atoms with Gasteiger partial charge in [-0.25, -0.2) is 4.39 Å². The molecule has 1 aliphatic heterocycles. The van der Waals surface area contributed by atoms with Gasteiger partial charge in [-0.05, 0) is 43.7 Å². The van der Waals surface area contributed by atoms with Crippen molar-refractivity contribution in [1.82, 2.24) is 0 Å². The summed E-state index contributed by atoms with van der Waals surface area (Å²) in [5, 5.41) is 0. The van der Waals surface area contributed by atoms with E-state index in [4.69, 9.17) is 4.74 Å². The number of alkyl halides is 3. The molecule has 0 spiro atoms. The second kappa shape index (κ2) is 7.53. The molecule has 0 saturated heterocycles. The van der Waals surface area contributed by atoms with Crippen LogP contribution in [-0.2, 0) is 6.42 Å². The third kappa shape index (κ3) is 4.17. The summed E-state index contributed by atoms with van der Waals surface area (Å²) in [7, 11) is 1.50. The van der Waals surface area contributed by atoms with Crippen molar-refractivity contribution < 1.29 is 27.0 Å². The third-order valence-electron chi connectivity index (χ3n) is 3.37. The monoisotopic (exact) mass is 343 g/mol. The molecule has 7 heteroatoms. The first-order chi connectivity index (χ1) is 11.4. The quantitative estimate of drug-likeness (QED) is 0.827. The van der Waals surface area contributed by atoms with Crippen molar-refractivity contribution in [2.75, 3.05) is 13.7 Å². The molecule has 3 nitrogen and oxygen atoms in total. The van der Waals surface area contributed by atoms with Gasteiger partial charge in [-0.3, -0.25) is 0 Å². The Morgan fingerprint density at radius 1 is 1.08 bits per heavy atom. The molecule has 2 aromatic carbocycles. The van der Waals surface area contributed by atoms with E-state index in [1.807, 2.05) is 0 Å². The molecule has 2 N–H and O–H groups in total. The minimum Gasteiger partial charge on any atom is -0.493 e. The number of fused-ring (bicyclic) bond motifs is 1. The molecular weight excluding hydrogens is 326 g/mol. The van der Waals surface area contributed by atoms with Crippen LogP contribution in [0, 0.1) is 5.82 Å². The number of halogens is 4. The Labute approximate surface area is 137 Å². The Balaban J connectivity index is 0.00000100. The second-order valence-electron chi connectivity index (χ2n) is 4.94. The Hall–Kier alpha value is -2.28. The molecule has 0 aliphatic carbocycles. The topological polar surface area (TPSA) is 44.5 Å². The van der Waals surface area contributed by atoms with E-state index < -0.39 is 12.2 Å². The van der Waals surface area contributed by atoms with Crippen LogP contribution in [0.5, 0.6) is 11.5 Å². The third-order valence-corrected chi connectivity index (χ3v) is 3.37. The molecule has 1 heterocycles. The van der Waals surface area contributed by atoms with Gasteiger partial charge in [0.15, 0.2) is 0 Å². The van der Waals surface area contributed by atoms with E-state index in [0.717, 1.165) is 6.42 Å². The molecule has 0 bridgehead atoms. The number of nitrogens with two attached hydrogens (primary N) is 1. The van der Waals surface area contributed by atoms with Gasteiger partial charge in [-0.2, -0.15) is 0 Å². The summed E-state index contributed by atoms with van der Waals surface area (Å²) in [4.78, 5) is 0. The van der Waals surface area contributed by atoms with E-state index in [1.165, 1.54) is 37.4 Å². The maximum absolute atomic E-state index is 13.8. The molecule has 0 amide bonds. The fraction of sp³-hybridized carbons (Fsp3) is 0.294. The zero-order valence-electron chi connectivity index (χ0n) is 13.0. The number of benzene rings is 2. The fourth-order valence-corrected chi connectivity index (χ4v) is 2.55. The van der Waals surface area contributed by atoms with Crippen LogP contribution in [0.2, 0.25) is 0 Å². The number of rotatable bonds is 2. The smallest absolute Gasteiger partial charge is 0.493 e. The molecule has 0 fully saturated rings. The number of ether oxygens (including phenoxy) is 2. The minimum absolute atomic E-state index is 0.150. The zero-order valence-corrected chi connectivity index (χ0v) is 13.0. The summed E-state index contributed by atoms with van der Waals surface area (Å²) in [6.07, 6.45) is -3.44. The maximum Gasteiger partial charge on any atom is 0.573 e. The average molecular weight is 343 g/mol. The van der Waals surface area contributed by atoms with E-state index in [9.17, 15) is 17.6 Å². The Kier molecular flexibility index (Phi) is 5.66. The van der Waals surface area contributed by atoms with Crippen LogP contribution in [-0.4, -0.2) is 20.0 Å². The highest BCUT2D eigenvalue weighted by atomic mass is 19.4. The molecule has 130 valence electrons. The van der Waals surface area contributed by atoms with Crippen molar-refractivity contribution in [2.24, 2.45) is 5.73 Å². The Morgan fingerprint density at radius 2 is 1.79 bits per heavy atom. The van der Waals surface area contributed by atoms with Crippen LogP contribution in [0.1, 0.15) is 12.0 Å². The van der Waals surface area contributed by atoms with Gasteiger partial charge in [-0.1, -0.05) is 18.2 Å². The lowest BCUT2D eigenvalue weighted by Gasteiger charge is -2.22. The largest absolute Gasteiger partial charge is 0.573 e. The zero-order chi connectivity index (χ0) is 17.7. The maximum atomic E-state index is 13.8. The van der Waals surface area contributed by atoms with Gasteiger partial charge in [0.05, 0.1) is 6.61 Å². The first-order valence-electron chi connectivity index (χ1n) is 7.32. The fourth-order valence-electron chi connectivity index (χ4n) is 2.55. The van der Waals surface area contributed by atoms with Crippen LogP contribution >= 0.6 is 0 Å². The summed E-state index contributed by atoms with van der Waals surface area (Å²) in [5.41, 5.74) is 5.58. The second-order valence-corrected chi connectivity index (χ2v) is 4.94. The lowest BCUT2D eigenvalue weighted by atomic mass is 9.97. The molecule has 3 rings (SSSR count). The lowest BCUT2D eigenvalue weighted by molar-refractivity contribution is -0.274. The molecule has 2 aromatic rings. The molecule has 0 unspecified atom stereocenters. The van der Waals surface area contributed by atoms with Gasteiger partial charge in [0, 0.05) is 11.1 Å². The summed E-state index contributed by atoms with van der Waals surface area (Å²) >= 11 is 0. The van der Waals surface area contributed by atoms with Crippen LogP contribution in [0.3, 0.4) is 0 Å². The summed E-state index contributed by atoms with van der Waals surface area (Å²) in [5.74, 6) is -0.469. The van der Waals surface area contributed by atoms with E-state index >= 15 is 0 Å². The van der Waals surface area contributed by atoms with Crippen molar-refractivity contribution in [3.8, 4) is 22.6 Å². The van der Waals surface area contributed by atoms with Crippen LogP contribution in [0.4, 0.5) is 17.6 Å². The number of hydrogen-bond donors (Lipinski definition) is 1. The van der Waals surface area contributed by atoms with E-state index in [0.29, 0.717) is 24.3 Å². The first-order valence-corrected chi connectivity index (χ1v) is 7.32. The van der Waals surface area contributed by atoms with Crippen molar-refractivity contribution in [2.45, 2.75) is 19.2 Å². The van der Waals surface area contributed by atoms with E-state index in [1.54, 1.807) is 6.07 Å². The molecule has 0 atom stereocenters. The molecule has 0 aromatic heterocycles. The first kappa shape index (κ1) is 18.1. The minimum atomic E-state index is -4.82. The highest BCUT2D eigenvalue weighted by Gasteiger charge is 2.32. The average Bonchev–Trinajstić information content (AvgIpc) is 2.55. The molecule has 1 aliphatic rings. The van der Waals surface area contributed by atoms with Crippen LogP contribution in [0.15, 0.2) is 36.4 Å². The van der Waals surface area contributed by atoms with Gasteiger partial charge in [0.1, 0.15) is 17.3 Å². The molecule has 0 radical (unpaired) electrons. The number of aryl methyl sites for hydroxylation is 1. The van der Waals surface area contributed by atoms with Crippen molar-refractivity contribution in [3.63, 3.8) is 0 Å². The normalized spacial score (nSPS) is 13.2. The predicted molar refractivity (Wildman–Crippen MR) is 82.4 cm³/mol. The van der Waals surface area contributed by atoms with Crippen molar-refractivity contribution >= 4 is 0 Å². The van der Waals surface area contributed by atoms with Gasteiger partial charge in [-0.15, -0.1) is 13.2 Å². The lowest BCUT2D eigenvalue weighted by Crippen LogP contribution is -2.18. The molecule has 0 saturated carbocycles. The molecular formula is C17H17F4NO2. The van der Waals surface area contributed by atoms with Gasteiger partial charge >= 0.3 is 6.36 Å². The number of hydrogen-bond acceptors (Lipinski definition) is 3. The highest BCUT2D eigenvalue weighted by Crippen LogP contribution is 2.42. The van der Waals surface area contributed by atoms with Crippen molar-refractivity contribution in [3.05, 3.63) is 47.8 Å². The van der Waals surface area contributed by atoms with Gasteiger partial charge in [0.25, 0.3) is 0 Å². The standard InChI is InChI=1S/C16H12F4O2.CH5N/c17-11-8-10-4-3-7-21-15(10)13(9-11)12-5-1-2-6-14(12)22-16(18,19)20;1-2/h1-2,5-6,8-9H,3-4,7H2;2H2,1H3. The SMILES string of the molecule is CN.Fc1cc2c(c(-c3ccccc3OC(F)(F)F)c1)OCCC2. The summed E-state index contributed by atoms with van der Waals surface area (Å²) < 4.78 is 61.0. The van der Waals surface area contributed by atoms with Gasteiger partial charge in [0.2, 0.25) is 0 Å². The number of para-hydroxylation sites is 1. The van der Waals surface area contributed by atoms with E-state index in [-0.39, 0.29) is 16.9 Å². The van der Waals surface area contributed by atoms with Crippen LogP contribution < -0.4 is 15.2 Å². The summed E-state index contributed by atoms with van der Waals surface area (Å²) in [6.45, 7) is 0.452. The highest BCUT2D eigenvalue weighted by molar-refractivity contribution is 5.77. The Morgan fingerprint density at radius 3 is 2.50 bits per heavy atom. The van der Waals surface area contributed by atoms with E-state index in [2.05, 4.69) is 10.5 Å². The van der Waals surface area contributed by atoms with Gasteiger partial charge < -0.3 is 15.2 Å². The van der Waals surface area contributed by atoms with Crippen molar-refractivity contribution in [1.29, 1.82) is 0 Å². The Bertz CT molecular complexity index is 701. The molecule has 24 heavy (non-hydrogen) atoms. The summed E-state index contributed by atoms with van der Waals surface area (Å²) in [6, 6.07) is 8.17.